The minimum atomic E-state index is -0.225. The van der Waals surface area contributed by atoms with Gasteiger partial charge < -0.3 is 5.11 Å². The van der Waals surface area contributed by atoms with E-state index in [9.17, 15) is 9.50 Å². The Kier molecular flexibility index (Phi) is 4.57. The van der Waals surface area contributed by atoms with Crippen molar-refractivity contribution in [2.24, 2.45) is 5.41 Å². The van der Waals surface area contributed by atoms with E-state index in [1.54, 1.807) is 23.5 Å². The number of likely N-dealkylation sites (tertiary alicyclic amines) is 1. The number of aromatic nitrogens is 1. The summed E-state index contributed by atoms with van der Waals surface area (Å²) in [4.78, 5) is 7.03. The van der Waals surface area contributed by atoms with Crippen molar-refractivity contribution in [3.05, 3.63) is 41.2 Å². The smallest absolute Gasteiger partial charge is 0.123 e. The number of nitrogens with zero attached hydrogens (tertiary/aromatic N) is 2. The van der Waals surface area contributed by atoms with E-state index in [1.165, 1.54) is 12.1 Å². The molecule has 1 atom stereocenters. The number of hydrogen-bond donors (Lipinski definition) is 1. The zero-order chi connectivity index (χ0) is 15.6. The number of rotatable bonds is 4. The quantitative estimate of drug-likeness (QED) is 0.936. The SMILES string of the molecule is CC1(CO)CCCN(Cc2csc(-c3ccc(F)cc3)n2)C1. The van der Waals surface area contributed by atoms with Gasteiger partial charge >= 0.3 is 0 Å². The van der Waals surface area contributed by atoms with Gasteiger partial charge in [0.1, 0.15) is 10.8 Å². The molecule has 1 saturated heterocycles. The maximum atomic E-state index is 13.0. The van der Waals surface area contributed by atoms with Crippen molar-refractivity contribution in [1.82, 2.24) is 9.88 Å². The molecule has 22 heavy (non-hydrogen) atoms. The highest BCUT2D eigenvalue weighted by atomic mass is 32.1. The monoisotopic (exact) mass is 320 g/mol. The summed E-state index contributed by atoms with van der Waals surface area (Å²) < 4.78 is 13.0. The number of halogens is 1. The fourth-order valence-corrected chi connectivity index (χ4v) is 3.84. The van der Waals surface area contributed by atoms with Gasteiger partial charge in [-0.25, -0.2) is 9.37 Å². The number of aliphatic hydroxyl groups is 1. The van der Waals surface area contributed by atoms with Crippen LogP contribution in [0.15, 0.2) is 29.6 Å². The van der Waals surface area contributed by atoms with E-state index in [-0.39, 0.29) is 17.8 Å². The molecule has 3 rings (SSSR count). The van der Waals surface area contributed by atoms with E-state index in [1.807, 2.05) is 0 Å². The molecular weight excluding hydrogens is 299 g/mol. The molecule has 0 amide bonds. The van der Waals surface area contributed by atoms with Crippen LogP contribution in [0.1, 0.15) is 25.5 Å². The molecule has 2 heterocycles. The molecule has 0 aliphatic carbocycles. The highest BCUT2D eigenvalue weighted by Crippen LogP contribution is 2.30. The van der Waals surface area contributed by atoms with Gasteiger partial charge in [-0.3, -0.25) is 4.90 Å². The Labute approximate surface area is 134 Å². The maximum absolute atomic E-state index is 13.0. The minimum Gasteiger partial charge on any atom is -0.396 e. The maximum Gasteiger partial charge on any atom is 0.123 e. The van der Waals surface area contributed by atoms with Crippen molar-refractivity contribution in [2.45, 2.75) is 26.3 Å². The molecule has 0 spiro atoms. The van der Waals surface area contributed by atoms with Crippen LogP contribution in [0.25, 0.3) is 10.6 Å². The van der Waals surface area contributed by atoms with Crippen LogP contribution in [0.2, 0.25) is 0 Å². The molecule has 0 bridgehead atoms. The number of piperidine rings is 1. The number of hydrogen-bond acceptors (Lipinski definition) is 4. The van der Waals surface area contributed by atoms with Crippen LogP contribution in [0.3, 0.4) is 0 Å². The first kappa shape index (κ1) is 15.6. The van der Waals surface area contributed by atoms with Gasteiger partial charge in [0.2, 0.25) is 0 Å². The van der Waals surface area contributed by atoms with Crippen molar-refractivity contribution in [3.63, 3.8) is 0 Å². The predicted molar refractivity (Wildman–Crippen MR) is 87.2 cm³/mol. The van der Waals surface area contributed by atoms with Crippen LogP contribution >= 0.6 is 11.3 Å². The third-order valence-electron chi connectivity index (χ3n) is 4.27. The molecule has 0 saturated carbocycles. The molecule has 1 aromatic carbocycles. The largest absolute Gasteiger partial charge is 0.396 e. The van der Waals surface area contributed by atoms with Gasteiger partial charge in [0, 0.05) is 36.1 Å². The van der Waals surface area contributed by atoms with Crippen LogP contribution in [-0.4, -0.2) is 34.7 Å². The summed E-state index contributed by atoms with van der Waals surface area (Å²) in [6, 6.07) is 6.46. The lowest BCUT2D eigenvalue weighted by molar-refractivity contribution is 0.0424. The zero-order valence-corrected chi connectivity index (χ0v) is 13.6. The van der Waals surface area contributed by atoms with Gasteiger partial charge in [-0.05, 0) is 43.7 Å². The topological polar surface area (TPSA) is 36.4 Å². The summed E-state index contributed by atoms with van der Waals surface area (Å²) in [5.74, 6) is -0.225. The Morgan fingerprint density at radius 3 is 2.86 bits per heavy atom. The molecule has 1 aliphatic heterocycles. The van der Waals surface area contributed by atoms with Crippen molar-refractivity contribution < 1.29 is 9.50 Å². The van der Waals surface area contributed by atoms with Crippen molar-refractivity contribution in [3.8, 4) is 10.6 Å². The van der Waals surface area contributed by atoms with Gasteiger partial charge in [0.05, 0.1) is 5.69 Å². The Morgan fingerprint density at radius 1 is 1.36 bits per heavy atom. The van der Waals surface area contributed by atoms with Crippen molar-refractivity contribution in [1.29, 1.82) is 0 Å². The first-order valence-corrected chi connectivity index (χ1v) is 8.49. The molecule has 1 fully saturated rings. The van der Waals surface area contributed by atoms with Crippen LogP contribution in [0.5, 0.6) is 0 Å². The van der Waals surface area contributed by atoms with Gasteiger partial charge in [-0.15, -0.1) is 11.3 Å². The Bertz CT molecular complexity index is 628. The van der Waals surface area contributed by atoms with E-state index >= 15 is 0 Å². The summed E-state index contributed by atoms with van der Waals surface area (Å²) in [6.07, 6.45) is 2.20. The van der Waals surface area contributed by atoms with Crippen LogP contribution < -0.4 is 0 Å². The summed E-state index contributed by atoms with van der Waals surface area (Å²) in [6.45, 7) is 5.16. The molecule has 1 aromatic heterocycles. The third-order valence-corrected chi connectivity index (χ3v) is 5.21. The second-order valence-electron chi connectivity index (χ2n) is 6.43. The average Bonchev–Trinajstić information content (AvgIpc) is 2.96. The Morgan fingerprint density at radius 2 is 2.14 bits per heavy atom. The molecule has 2 aromatic rings. The zero-order valence-electron chi connectivity index (χ0n) is 12.8. The standard InChI is InChI=1S/C17H21FN2OS/c1-17(12-21)7-2-8-20(11-17)9-15-10-22-16(19-15)13-3-5-14(18)6-4-13/h3-6,10,21H,2,7-9,11-12H2,1H3. The molecule has 1 aliphatic rings. The molecule has 1 unspecified atom stereocenters. The number of aliphatic hydroxyl groups excluding tert-OH is 1. The van der Waals surface area contributed by atoms with Gasteiger partial charge in [0.25, 0.3) is 0 Å². The Balaban J connectivity index is 1.68. The van der Waals surface area contributed by atoms with Crippen LogP contribution in [0, 0.1) is 11.2 Å². The fraction of sp³-hybridized carbons (Fsp3) is 0.471. The van der Waals surface area contributed by atoms with Crippen LogP contribution in [-0.2, 0) is 6.54 Å². The summed E-state index contributed by atoms with van der Waals surface area (Å²) in [7, 11) is 0. The molecule has 5 heteroatoms. The van der Waals surface area contributed by atoms with Gasteiger partial charge in [-0.1, -0.05) is 6.92 Å². The molecule has 3 nitrogen and oxygen atoms in total. The minimum absolute atomic E-state index is 0.00799. The summed E-state index contributed by atoms with van der Waals surface area (Å²) >= 11 is 1.59. The van der Waals surface area contributed by atoms with Gasteiger partial charge in [-0.2, -0.15) is 0 Å². The molecule has 1 N–H and O–H groups in total. The van der Waals surface area contributed by atoms with E-state index in [2.05, 4.69) is 22.2 Å². The third kappa shape index (κ3) is 3.54. The van der Waals surface area contributed by atoms with E-state index in [0.29, 0.717) is 0 Å². The van der Waals surface area contributed by atoms with E-state index in [4.69, 9.17) is 0 Å². The number of thiazole rings is 1. The lowest BCUT2D eigenvalue weighted by atomic mass is 9.83. The van der Waals surface area contributed by atoms with Crippen molar-refractivity contribution in [2.75, 3.05) is 19.7 Å². The first-order chi connectivity index (χ1) is 10.6. The summed E-state index contributed by atoms with van der Waals surface area (Å²) in [5.41, 5.74) is 2.01. The van der Waals surface area contributed by atoms with Crippen molar-refractivity contribution >= 4 is 11.3 Å². The van der Waals surface area contributed by atoms with E-state index < -0.39 is 0 Å². The molecule has 118 valence electrons. The Hall–Kier alpha value is -1.30. The highest BCUT2D eigenvalue weighted by molar-refractivity contribution is 7.13. The second-order valence-corrected chi connectivity index (χ2v) is 7.29. The first-order valence-electron chi connectivity index (χ1n) is 7.62. The average molecular weight is 320 g/mol. The number of benzene rings is 1. The molecule has 0 radical (unpaired) electrons. The predicted octanol–water partition coefficient (Wildman–Crippen LogP) is 3.54. The highest BCUT2D eigenvalue weighted by Gasteiger charge is 2.30. The molecular formula is C17H21FN2OS. The lowest BCUT2D eigenvalue weighted by Gasteiger charge is -2.39. The second kappa shape index (κ2) is 6.44. The normalized spacial score (nSPS) is 22.9. The van der Waals surface area contributed by atoms with Crippen LogP contribution in [0.4, 0.5) is 4.39 Å². The van der Waals surface area contributed by atoms with Gasteiger partial charge in [0.15, 0.2) is 0 Å². The summed E-state index contributed by atoms with van der Waals surface area (Å²) in [5, 5.41) is 12.5. The van der Waals surface area contributed by atoms with E-state index in [0.717, 1.165) is 48.7 Å². The lowest BCUT2D eigenvalue weighted by Crippen LogP contribution is -2.43. The fourth-order valence-electron chi connectivity index (χ4n) is 3.03.